The van der Waals surface area contributed by atoms with Crippen LogP contribution in [0.3, 0.4) is 0 Å². The molecule has 4 fully saturated rings. The number of ether oxygens (including phenoxy) is 7. The van der Waals surface area contributed by atoms with Crippen LogP contribution in [-0.2, 0) is 38.0 Å². The van der Waals surface area contributed by atoms with E-state index in [1.54, 1.807) is 0 Å². The summed E-state index contributed by atoms with van der Waals surface area (Å²) in [6, 6.07) is -1.51. The normalized spacial score (nSPS) is 51.9. The van der Waals surface area contributed by atoms with Crippen molar-refractivity contribution in [3.8, 4) is 0 Å². The van der Waals surface area contributed by atoms with Gasteiger partial charge in [0.25, 0.3) is 0 Å². The van der Waals surface area contributed by atoms with Crippen molar-refractivity contribution < 1.29 is 94.1 Å². The van der Waals surface area contributed by atoms with Gasteiger partial charge in [-0.3, -0.25) is 4.79 Å². The summed E-state index contributed by atoms with van der Waals surface area (Å²) in [4.78, 5) is 12.1. The molecule has 0 unspecified atom stereocenters. The molecule has 20 atom stereocenters. The zero-order chi connectivity index (χ0) is 34.2. The quantitative estimate of drug-likeness (QED) is 0.108. The first-order valence-electron chi connectivity index (χ1n) is 14.8. The van der Waals surface area contributed by atoms with E-state index in [9.17, 15) is 61.0 Å². The molecule has 20 heteroatoms. The predicted octanol–water partition coefficient (Wildman–Crippen LogP) is -7.55. The topological polar surface area (TPSA) is 316 Å². The molecule has 0 bridgehead atoms. The molecule has 20 nitrogen and oxygen atoms in total. The van der Waals surface area contributed by atoms with Crippen LogP contribution in [0.1, 0.15) is 20.8 Å². The van der Waals surface area contributed by atoms with Crippen LogP contribution in [0.15, 0.2) is 0 Å². The summed E-state index contributed by atoms with van der Waals surface area (Å²) in [6.45, 7) is 2.15. The van der Waals surface area contributed by atoms with Crippen LogP contribution in [0.5, 0.6) is 0 Å². The summed E-state index contributed by atoms with van der Waals surface area (Å²) in [6.07, 6.45) is -31.2. The monoisotopic (exact) mass is 675 g/mol. The summed E-state index contributed by atoms with van der Waals surface area (Å²) in [5, 5.41) is 117. The van der Waals surface area contributed by atoms with Crippen LogP contribution in [-0.4, -0.2) is 198 Å². The number of carbonyl (C=O) groups excluding carboxylic acids is 1. The zero-order valence-corrected chi connectivity index (χ0v) is 25.1. The first kappa shape index (κ1) is 37.6. The van der Waals surface area contributed by atoms with Gasteiger partial charge in [0.15, 0.2) is 25.2 Å². The average molecular weight is 676 g/mol. The fourth-order valence-electron chi connectivity index (χ4n) is 5.81. The summed E-state index contributed by atoms with van der Waals surface area (Å²) < 4.78 is 39.8. The van der Waals surface area contributed by atoms with E-state index in [1.165, 1.54) is 13.8 Å². The molecule has 0 spiro atoms. The first-order chi connectivity index (χ1) is 21.6. The maximum Gasteiger partial charge on any atom is 0.217 e. The van der Waals surface area contributed by atoms with Gasteiger partial charge in [-0.05, 0) is 13.8 Å². The molecule has 0 saturated carbocycles. The molecular weight excluding hydrogens is 630 g/mol. The van der Waals surface area contributed by atoms with E-state index in [0.717, 1.165) is 6.92 Å². The summed E-state index contributed by atoms with van der Waals surface area (Å²) in [7, 11) is 0. The third-order valence-electron chi connectivity index (χ3n) is 8.53. The molecular formula is C26H45NO19. The Morgan fingerprint density at radius 3 is 1.52 bits per heavy atom. The van der Waals surface area contributed by atoms with E-state index in [-0.39, 0.29) is 0 Å². The fraction of sp³-hybridized carbons (Fsp3) is 0.962. The van der Waals surface area contributed by atoms with Crippen molar-refractivity contribution >= 4 is 5.91 Å². The SMILES string of the molecule is CC(=O)N[C@@H]1[C@@H](O[C@@H]2O[C@@H](C)[C@@H](O)[C@@H](O)[C@@H]2O)[C@H](O[C@@H]2O[C@H](CO)[C@H](O)[C@H](O)[C@H]2O[C@@H]2O[C@@H](C)[C@@H](O)[C@@H](O)[C@@H]2O)[C@@H](CO)O[C@@H]1O. The van der Waals surface area contributed by atoms with E-state index in [1.807, 2.05) is 0 Å². The maximum atomic E-state index is 12.1. The molecule has 0 aromatic rings. The Balaban J connectivity index is 1.68. The molecule has 0 aliphatic carbocycles. The lowest BCUT2D eigenvalue weighted by atomic mass is 9.94. The highest BCUT2D eigenvalue weighted by Crippen LogP contribution is 2.35. The van der Waals surface area contributed by atoms with Gasteiger partial charge in [-0.2, -0.15) is 0 Å². The number of carbonyl (C=O) groups is 1. The van der Waals surface area contributed by atoms with Crippen molar-refractivity contribution in [2.75, 3.05) is 13.2 Å². The van der Waals surface area contributed by atoms with Crippen LogP contribution < -0.4 is 5.32 Å². The van der Waals surface area contributed by atoms with Crippen LogP contribution in [0.4, 0.5) is 0 Å². The molecule has 4 heterocycles. The van der Waals surface area contributed by atoms with Crippen molar-refractivity contribution in [2.24, 2.45) is 0 Å². The molecule has 0 radical (unpaired) electrons. The Morgan fingerprint density at radius 1 is 0.565 bits per heavy atom. The first-order valence-corrected chi connectivity index (χ1v) is 14.8. The number of amides is 1. The predicted molar refractivity (Wildman–Crippen MR) is 143 cm³/mol. The second-order valence-electron chi connectivity index (χ2n) is 11.8. The number of aliphatic hydroxyl groups excluding tert-OH is 11. The molecule has 46 heavy (non-hydrogen) atoms. The molecule has 4 aliphatic rings. The summed E-state index contributed by atoms with van der Waals surface area (Å²) >= 11 is 0. The van der Waals surface area contributed by atoms with E-state index in [4.69, 9.17) is 33.2 Å². The number of hydrogen-bond donors (Lipinski definition) is 12. The van der Waals surface area contributed by atoms with Crippen molar-refractivity contribution in [3.05, 3.63) is 0 Å². The Labute approximate surface area is 262 Å². The minimum Gasteiger partial charge on any atom is -0.394 e. The van der Waals surface area contributed by atoms with Crippen LogP contribution in [0.2, 0.25) is 0 Å². The average Bonchev–Trinajstić information content (AvgIpc) is 3.01. The second-order valence-corrected chi connectivity index (χ2v) is 11.8. The highest BCUT2D eigenvalue weighted by Gasteiger charge is 2.55. The third kappa shape index (κ3) is 7.64. The maximum absolute atomic E-state index is 12.1. The standard InChI is InChI=1S/C26H45NO19/c1-6-12(31)15(34)18(37)24(40-6)45-21-11(27-8(3)30)23(39)42-10(5-29)20(21)44-26-22(17(36)14(33)9(4-28)43-26)46-25-19(38)16(35)13(32)7(2)41-25/h6-7,9-26,28-29,31-39H,4-5H2,1-3H3,(H,27,30)/t6-,7-,9+,10+,11+,12+,13+,14-,15+,16+,17-,18-,19-,20+,21+,22+,23-,24-,25-,26-/m0/s1. The Bertz CT molecular complexity index is 997. The molecule has 268 valence electrons. The van der Waals surface area contributed by atoms with Gasteiger partial charge in [0.1, 0.15) is 85.4 Å². The fourth-order valence-corrected chi connectivity index (χ4v) is 5.81. The van der Waals surface area contributed by atoms with E-state index < -0.39 is 142 Å². The summed E-state index contributed by atoms with van der Waals surface area (Å²) in [5.74, 6) is -0.691. The summed E-state index contributed by atoms with van der Waals surface area (Å²) in [5.41, 5.74) is 0. The van der Waals surface area contributed by atoms with Gasteiger partial charge in [-0.1, -0.05) is 0 Å². The van der Waals surface area contributed by atoms with Crippen molar-refractivity contribution in [1.82, 2.24) is 5.32 Å². The van der Waals surface area contributed by atoms with Gasteiger partial charge in [0.2, 0.25) is 5.91 Å². The van der Waals surface area contributed by atoms with Gasteiger partial charge in [0, 0.05) is 6.92 Å². The lowest BCUT2D eigenvalue weighted by Crippen LogP contribution is -2.70. The van der Waals surface area contributed by atoms with Gasteiger partial charge in [-0.15, -0.1) is 0 Å². The highest BCUT2D eigenvalue weighted by atomic mass is 16.8. The van der Waals surface area contributed by atoms with Gasteiger partial charge in [-0.25, -0.2) is 0 Å². The lowest BCUT2D eigenvalue weighted by Gasteiger charge is -2.50. The zero-order valence-electron chi connectivity index (χ0n) is 25.1. The molecule has 1 amide bonds. The minimum absolute atomic E-state index is 0.691. The van der Waals surface area contributed by atoms with E-state index in [2.05, 4.69) is 5.32 Å². The molecule has 4 rings (SSSR count). The van der Waals surface area contributed by atoms with Gasteiger partial charge >= 0.3 is 0 Å². The Morgan fingerprint density at radius 2 is 1.04 bits per heavy atom. The number of hydrogen-bond acceptors (Lipinski definition) is 19. The van der Waals surface area contributed by atoms with E-state index in [0.29, 0.717) is 0 Å². The molecule has 0 aromatic heterocycles. The van der Waals surface area contributed by atoms with Crippen molar-refractivity contribution in [2.45, 2.75) is 144 Å². The molecule has 4 saturated heterocycles. The van der Waals surface area contributed by atoms with Crippen molar-refractivity contribution in [1.29, 1.82) is 0 Å². The number of aliphatic hydroxyl groups is 11. The number of nitrogens with one attached hydrogen (secondary N) is 1. The highest BCUT2D eigenvalue weighted by molar-refractivity contribution is 5.73. The van der Waals surface area contributed by atoms with Crippen LogP contribution >= 0.6 is 0 Å². The third-order valence-corrected chi connectivity index (χ3v) is 8.53. The largest absolute Gasteiger partial charge is 0.394 e. The Kier molecular flexibility index (Phi) is 12.7. The second kappa shape index (κ2) is 15.5. The molecule has 0 aromatic carbocycles. The van der Waals surface area contributed by atoms with Crippen LogP contribution in [0, 0.1) is 0 Å². The Hall–Kier alpha value is -1.25. The van der Waals surface area contributed by atoms with E-state index >= 15 is 0 Å². The van der Waals surface area contributed by atoms with Gasteiger partial charge < -0.3 is 94.6 Å². The van der Waals surface area contributed by atoms with Crippen LogP contribution in [0.25, 0.3) is 0 Å². The van der Waals surface area contributed by atoms with Gasteiger partial charge in [0.05, 0.1) is 25.4 Å². The van der Waals surface area contributed by atoms with Crippen molar-refractivity contribution in [3.63, 3.8) is 0 Å². The molecule has 12 N–H and O–H groups in total. The molecule has 4 aliphatic heterocycles. The smallest absolute Gasteiger partial charge is 0.217 e. The minimum atomic E-state index is -1.92. The number of rotatable bonds is 9. The lowest BCUT2D eigenvalue weighted by molar-refractivity contribution is -0.391.